The molecule has 9 heteroatoms. The molecule has 1 N–H and O–H groups in total. The summed E-state index contributed by atoms with van der Waals surface area (Å²) in [4.78, 5) is 2.02. The monoisotopic (exact) mass is 542 g/mol. The van der Waals surface area contributed by atoms with Crippen molar-refractivity contribution in [2.24, 2.45) is 0 Å². The molecular weight excluding hydrogens is 508 g/mol. The Labute approximate surface area is 202 Å². The van der Waals surface area contributed by atoms with E-state index in [1.807, 2.05) is 36.2 Å². The molecule has 2 aromatic rings. The number of nitrogens with one attached hydrogen (secondary N) is 1. The second-order valence-electron chi connectivity index (χ2n) is 9.37. The summed E-state index contributed by atoms with van der Waals surface area (Å²) >= 11 is 3.57. The summed E-state index contributed by atoms with van der Waals surface area (Å²) in [5.74, 6) is 0. The lowest BCUT2D eigenvalue weighted by molar-refractivity contribution is 0.202. The minimum Gasteiger partial charge on any atom is -0.409 e. The quantitative estimate of drug-likeness (QED) is 0.227. The van der Waals surface area contributed by atoms with Gasteiger partial charge in [-0.15, -0.1) is 0 Å². The molecule has 2 rings (SSSR count). The van der Waals surface area contributed by atoms with Crippen molar-refractivity contribution in [2.75, 3.05) is 35.8 Å². The molecule has 0 aliphatic carbocycles. The van der Waals surface area contributed by atoms with Crippen LogP contribution in [0.2, 0.25) is 18.1 Å². The molecule has 0 aliphatic rings. The maximum absolute atomic E-state index is 13.1. The highest BCUT2D eigenvalue weighted by Gasteiger charge is 2.39. The number of nitrogens with zero attached hydrogens (tertiary/aromatic N) is 1. The van der Waals surface area contributed by atoms with Crippen molar-refractivity contribution in [1.82, 2.24) is 0 Å². The molecule has 178 valence electrons. The van der Waals surface area contributed by atoms with E-state index in [9.17, 15) is 8.42 Å². The minimum atomic E-state index is -3.75. The van der Waals surface area contributed by atoms with Crippen LogP contribution in [-0.2, 0) is 19.2 Å². The van der Waals surface area contributed by atoms with Crippen molar-refractivity contribution < 1.29 is 17.6 Å². The maximum Gasteiger partial charge on any atom is 0.261 e. The second kappa shape index (κ2) is 10.7. The standard InChI is InChI=1S/C23H35BrN2O4SSi/c1-23(2,3)32(6,7)30-22(16-24)18-10-8-11-19(14-18)25-31(27,28)21-13-9-12-20(15-21)26(4)17-29-5/h8-15,22,25H,16-17H2,1-7H3/t22-/m0/s1. The van der Waals surface area contributed by atoms with Crippen LogP contribution in [0.25, 0.3) is 0 Å². The van der Waals surface area contributed by atoms with Crippen LogP contribution in [0.4, 0.5) is 11.4 Å². The van der Waals surface area contributed by atoms with Crippen LogP contribution in [-0.4, -0.2) is 43.0 Å². The first-order valence-electron chi connectivity index (χ1n) is 10.5. The second-order valence-corrected chi connectivity index (χ2v) is 16.5. The van der Waals surface area contributed by atoms with Crippen molar-refractivity contribution in [3.63, 3.8) is 0 Å². The fourth-order valence-electron chi connectivity index (χ4n) is 2.89. The maximum atomic E-state index is 13.1. The Morgan fingerprint density at radius 1 is 1.12 bits per heavy atom. The fourth-order valence-corrected chi connectivity index (χ4v) is 6.02. The average Bonchev–Trinajstić information content (AvgIpc) is 2.71. The molecule has 0 bridgehead atoms. The average molecular weight is 544 g/mol. The molecule has 0 amide bonds. The van der Waals surface area contributed by atoms with Gasteiger partial charge >= 0.3 is 0 Å². The van der Waals surface area contributed by atoms with Crippen LogP contribution < -0.4 is 9.62 Å². The van der Waals surface area contributed by atoms with Gasteiger partial charge in [-0.05, 0) is 54.0 Å². The number of halogens is 1. The van der Waals surface area contributed by atoms with Gasteiger partial charge in [0.15, 0.2) is 8.32 Å². The number of hydrogen-bond acceptors (Lipinski definition) is 5. The summed E-state index contributed by atoms with van der Waals surface area (Å²) in [7, 11) is -2.31. The minimum absolute atomic E-state index is 0.0770. The van der Waals surface area contributed by atoms with Crippen molar-refractivity contribution in [1.29, 1.82) is 0 Å². The van der Waals surface area contributed by atoms with E-state index in [2.05, 4.69) is 54.5 Å². The summed E-state index contributed by atoms with van der Waals surface area (Å²) in [6.07, 6.45) is -0.161. The Kier molecular flexibility index (Phi) is 8.97. The van der Waals surface area contributed by atoms with Gasteiger partial charge in [0, 0.05) is 30.9 Å². The predicted molar refractivity (Wildman–Crippen MR) is 139 cm³/mol. The first-order valence-corrected chi connectivity index (χ1v) is 16.0. The molecule has 0 radical (unpaired) electrons. The van der Waals surface area contributed by atoms with E-state index in [1.165, 1.54) is 0 Å². The third-order valence-electron chi connectivity index (χ3n) is 5.79. The van der Waals surface area contributed by atoms with Crippen LogP contribution in [0.5, 0.6) is 0 Å². The first kappa shape index (κ1) is 26.9. The van der Waals surface area contributed by atoms with Gasteiger partial charge in [-0.2, -0.15) is 0 Å². The SMILES string of the molecule is COCN(C)c1cccc(S(=O)(=O)Nc2cccc([C@H](CBr)O[Si](C)(C)C(C)(C)C)c2)c1. The number of hydrogen-bond donors (Lipinski definition) is 1. The van der Waals surface area contributed by atoms with E-state index >= 15 is 0 Å². The Hall–Kier alpha value is -1.39. The van der Waals surface area contributed by atoms with Crippen molar-refractivity contribution in [2.45, 2.75) is 49.9 Å². The van der Waals surface area contributed by atoms with E-state index in [4.69, 9.17) is 9.16 Å². The number of benzene rings is 2. The van der Waals surface area contributed by atoms with Gasteiger partial charge in [-0.3, -0.25) is 4.72 Å². The molecule has 0 aliphatic heterocycles. The first-order chi connectivity index (χ1) is 14.8. The van der Waals surface area contributed by atoms with E-state index in [-0.39, 0.29) is 16.0 Å². The smallest absolute Gasteiger partial charge is 0.261 e. The Morgan fingerprint density at radius 2 is 1.78 bits per heavy atom. The van der Waals surface area contributed by atoms with E-state index < -0.39 is 18.3 Å². The Morgan fingerprint density at radius 3 is 2.38 bits per heavy atom. The lowest BCUT2D eigenvalue weighted by atomic mass is 10.1. The molecule has 0 saturated carbocycles. The summed E-state index contributed by atoms with van der Waals surface area (Å²) in [6.45, 7) is 11.4. The van der Waals surface area contributed by atoms with Gasteiger partial charge in [-0.1, -0.05) is 54.9 Å². The molecule has 0 fully saturated rings. The van der Waals surface area contributed by atoms with Crippen molar-refractivity contribution >= 4 is 45.6 Å². The molecule has 0 saturated heterocycles. The zero-order valence-electron chi connectivity index (χ0n) is 20.0. The number of alkyl halides is 1. The topological polar surface area (TPSA) is 67.9 Å². The van der Waals surface area contributed by atoms with Crippen LogP contribution in [0.3, 0.4) is 0 Å². The number of ether oxygens (including phenoxy) is 1. The molecular formula is C23H35BrN2O4SSi. The number of methoxy groups -OCH3 is 1. The summed E-state index contributed by atoms with van der Waals surface area (Å²) in [5, 5.41) is 0.706. The molecule has 2 aromatic carbocycles. The zero-order valence-corrected chi connectivity index (χ0v) is 23.4. The normalized spacial score (nSPS) is 13.6. The molecule has 32 heavy (non-hydrogen) atoms. The summed E-state index contributed by atoms with van der Waals surface area (Å²) < 4.78 is 40.5. The Balaban J connectivity index is 2.27. The third-order valence-corrected chi connectivity index (χ3v) is 12.2. The highest BCUT2D eigenvalue weighted by atomic mass is 79.9. The van der Waals surface area contributed by atoms with Gasteiger partial charge in [0.2, 0.25) is 0 Å². The third kappa shape index (κ3) is 6.80. The van der Waals surface area contributed by atoms with Gasteiger partial charge in [0.05, 0.1) is 11.0 Å². The van der Waals surface area contributed by atoms with Crippen LogP contribution in [0, 0.1) is 0 Å². The van der Waals surface area contributed by atoms with E-state index in [1.54, 1.807) is 31.4 Å². The number of rotatable bonds is 10. The van der Waals surface area contributed by atoms with Crippen LogP contribution in [0.1, 0.15) is 32.4 Å². The highest BCUT2D eigenvalue weighted by Crippen LogP contribution is 2.40. The van der Waals surface area contributed by atoms with E-state index in [0.717, 1.165) is 11.3 Å². The van der Waals surface area contributed by atoms with Gasteiger partial charge in [0.25, 0.3) is 10.0 Å². The predicted octanol–water partition coefficient (Wildman–Crippen LogP) is 5.99. The highest BCUT2D eigenvalue weighted by molar-refractivity contribution is 9.09. The van der Waals surface area contributed by atoms with Crippen LogP contribution >= 0.6 is 15.9 Å². The molecule has 1 atom stereocenters. The lowest BCUT2D eigenvalue weighted by Crippen LogP contribution is -2.42. The molecule has 6 nitrogen and oxygen atoms in total. The molecule has 0 spiro atoms. The van der Waals surface area contributed by atoms with Gasteiger partial charge in [-0.25, -0.2) is 8.42 Å². The Bertz CT molecular complexity index is 1010. The largest absolute Gasteiger partial charge is 0.409 e. The number of anilines is 2. The lowest BCUT2D eigenvalue weighted by Gasteiger charge is -2.39. The molecule has 0 aromatic heterocycles. The zero-order chi connectivity index (χ0) is 24.2. The molecule has 0 heterocycles. The van der Waals surface area contributed by atoms with Gasteiger partial charge in [0.1, 0.15) is 6.73 Å². The van der Waals surface area contributed by atoms with Crippen LogP contribution in [0.15, 0.2) is 53.4 Å². The summed E-state index contributed by atoms with van der Waals surface area (Å²) in [5.41, 5.74) is 2.19. The summed E-state index contributed by atoms with van der Waals surface area (Å²) in [6, 6.07) is 14.2. The fraction of sp³-hybridized carbons (Fsp3) is 0.478. The van der Waals surface area contributed by atoms with Gasteiger partial charge < -0.3 is 14.1 Å². The van der Waals surface area contributed by atoms with Crippen molar-refractivity contribution in [3.8, 4) is 0 Å². The molecule has 0 unspecified atom stereocenters. The number of sulfonamides is 1. The van der Waals surface area contributed by atoms with E-state index in [0.29, 0.717) is 17.7 Å². The van der Waals surface area contributed by atoms with Crippen molar-refractivity contribution in [3.05, 3.63) is 54.1 Å².